The van der Waals surface area contributed by atoms with E-state index in [0.717, 1.165) is 13.0 Å². The molecule has 2 heterocycles. The standard InChI is InChI=1S/C15H15FN2O3/c1-21-13-5-4-9(7-11(13)16)12-8-18-6-2-3-10(15(19)20)14(18)17-12/h4-5,7-8,10H,2-3,6H2,1H3,(H,19,20). The molecule has 0 radical (unpaired) electrons. The fourth-order valence-corrected chi connectivity index (χ4v) is 2.68. The van der Waals surface area contributed by atoms with Gasteiger partial charge >= 0.3 is 5.97 Å². The van der Waals surface area contributed by atoms with E-state index in [0.29, 0.717) is 23.5 Å². The number of imidazole rings is 1. The van der Waals surface area contributed by atoms with Crippen LogP contribution < -0.4 is 4.74 Å². The minimum atomic E-state index is -0.867. The normalized spacial score (nSPS) is 17.3. The number of rotatable bonds is 3. The van der Waals surface area contributed by atoms with Crippen molar-refractivity contribution in [1.29, 1.82) is 0 Å². The molecule has 1 atom stereocenters. The van der Waals surface area contributed by atoms with Gasteiger partial charge in [-0.3, -0.25) is 4.79 Å². The Morgan fingerprint density at radius 3 is 3.00 bits per heavy atom. The van der Waals surface area contributed by atoms with Crippen molar-refractivity contribution in [2.75, 3.05) is 7.11 Å². The van der Waals surface area contributed by atoms with Gasteiger partial charge in [0.15, 0.2) is 11.6 Å². The Morgan fingerprint density at radius 1 is 1.52 bits per heavy atom. The molecule has 1 aliphatic heterocycles. The first kappa shape index (κ1) is 13.6. The van der Waals surface area contributed by atoms with Gasteiger partial charge in [-0.05, 0) is 31.0 Å². The van der Waals surface area contributed by atoms with Crippen LogP contribution >= 0.6 is 0 Å². The van der Waals surface area contributed by atoms with E-state index >= 15 is 0 Å². The van der Waals surface area contributed by atoms with Crippen LogP contribution in [0.4, 0.5) is 4.39 Å². The molecule has 1 aromatic carbocycles. The lowest BCUT2D eigenvalue weighted by atomic mass is 9.99. The second kappa shape index (κ2) is 5.20. The molecule has 1 aliphatic rings. The fraction of sp³-hybridized carbons (Fsp3) is 0.333. The Bertz CT molecular complexity index is 696. The number of aryl methyl sites for hydroxylation is 1. The van der Waals surface area contributed by atoms with Gasteiger partial charge in [-0.15, -0.1) is 0 Å². The predicted octanol–water partition coefficient (Wildman–Crippen LogP) is 2.66. The average molecular weight is 290 g/mol. The quantitative estimate of drug-likeness (QED) is 0.944. The number of carboxylic acids is 1. The van der Waals surface area contributed by atoms with Crippen molar-refractivity contribution >= 4 is 5.97 Å². The molecule has 0 saturated carbocycles. The third-order valence-electron chi connectivity index (χ3n) is 3.76. The number of hydrogen-bond acceptors (Lipinski definition) is 3. The molecule has 1 aromatic heterocycles. The smallest absolute Gasteiger partial charge is 0.314 e. The van der Waals surface area contributed by atoms with E-state index in [1.807, 2.05) is 4.57 Å². The Labute approximate surface area is 121 Å². The second-order valence-corrected chi connectivity index (χ2v) is 5.06. The number of aliphatic carboxylic acids is 1. The lowest BCUT2D eigenvalue weighted by Crippen LogP contribution is -2.21. The maximum Gasteiger partial charge on any atom is 0.314 e. The Morgan fingerprint density at radius 2 is 2.33 bits per heavy atom. The van der Waals surface area contributed by atoms with E-state index in [1.165, 1.54) is 19.2 Å². The Balaban J connectivity index is 2.01. The van der Waals surface area contributed by atoms with E-state index in [4.69, 9.17) is 4.74 Å². The maximum absolute atomic E-state index is 13.8. The lowest BCUT2D eigenvalue weighted by Gasteiger charge is -2.19. The number of hydrogen-bond donors (Lipinski definition) is 1. The third-order valence-corrected chi connectivity index (χ3v) is 3.76. The van der Waals surface area contributed by atoms with Crippen molar-refractivity contribution in [3.8, 4) is 17.0 Å². The summed E-state index contributed by atoms with van der Waals surface area (Å²) < 4.78 is 20.5. The van der Waals surface area contributed by atoms with E-state index < -0.39 is 17.7 Å². The maximum atomic E-state index is 13.8. The summed E-state index contributed by atoms with van der Waals surface area (Å²) in [5, 5.41) is 9.25. The van der Waals surface area contributed by atoms with Crippen molar-refractivity contribution in [2.24, 2.45) is 0 Å². The van der Waals surface area contributed by atoms with Gasteiger partial charge in [0.25, 0.3) is 0 Å². The van der Waals surface area contributed by atoms with Gasteiger partial charge in [0.2, 0.25) is 0 Å². The summed E-state index contributed by atoms with van der Waals surface area (Å²) >= 11 is 0. The van der Waals surface area contributed by atoms with Gasteiger partial charge in [-0.1, -0.05) is 0 Å². The number of methoxy groups -OCH3 is 1. The minimum Gasteiger partial charge on any atom is -0.494 e. The molecule has 0 aliphatic carbocycles. The molecule has 6 heteroatoms. The van der Waals surface area contributed by atoms with E-state index in [2.05, 4.69) is 4.98 Å². The molecule has 1 N–H and O–H groups in total. The molecule has 0 bridgehead atoms. The lowest BCUT2D eigenvalue weighted by molar-refractivity contribution is -0.139. The number of ether oxygens (including phenoxy) is 1. The third kappa shape index (κ3) is 2.37. The zero-order chi connectivity index (χ0) is 15.0. The predicted molar refractivity (Wildman–Crippen MR) is 73.8 cm³/mol. The van der Waals surface area contributed by atoms with Crippen molar-refractivity contribution in [2.45, 2.75) is 25.3 Å². The molecule has 0 amide bonds. The SMILES string of the molecule is COc1ccc(-c2cn3c(n2)C(C(=O)O)CCC3)cc1F. The van der Waals surface area contributed by atoms with Crippen LogP contribution in [0.25, 0.3) is 11.3 Å². The first-order valence-electron chi connectivity index (χ1n) is 6.74. The number of fused-ring (bicyclic) bond motifs is 1. The number of aromatic nitrogens is 2. The zero-order valence-electron chi connectivity index (χ0n) is 11.5. The summed E-state index contributed by atoms with van der Waals surface area (Å²) in [6.45, 7) is 0.741. The summed E-state index contributed by atoms with van der Waals surface area (Å²) in [6.07, 6.45) is 3.17. The van der Waals surface area contributed by atoms with Crippen LogP contribution in [0.15, 0.2) is 24.4 Å². The van der Waals surface area contributed by atoms with Crippen molar-refractivity contribution in [1.82, 2.24) is 9.55 Å². The van der Waals surface area contributed by atoms with Crippen LogP contribution in [0.5, 0.6) is 5.75 Å². The number of halogens is 1. The molecule has 2 aromatic rings. The number of benzene rings is 1. The van der Waals surface area contributed by atoms with E-state index in [-0.39, 0.29) is 5.75 Å². The van der Waals surface area contributed by atoms with Crippen molar-refractivity contribution in [3.63, 3.8) is 0 Å². The molecular weight excluding hydrogens is 275 g/mol. The summed E-state index contributed by atoms with van der Waals surface area (Å²) in [7, 11) is 1.41. The minimum absolute atomic E-state index is 0.172. The van der Waals surface area contributed by atoms with Gasteiger partial charge in [0.1, 0.15) is 11.7 Å². The van der Waals surface area contributed by atoms with Crippen LogP contribution in [0.3, 0.4) is 0 Å². The second-order valence-electron chi connectivity index (χ2n) is 5.06. The van der Waals surface area contributed by atoms with Gasteiger partial charge in [0, 0.05) is 18.3 Å². The Hall–Kier alpha value is -2.37. The largest absolute Gasteiger partial charge is 0.494 e. The van der Waals surface area contributed by atoms with Gasteiger partial charge < -0.3 is 14.4 Å². The fourth-order valence-electron chi connectivity index (χ4n) is 2.68. The highest BCUT2D eigenvalue weighted by Crippen LogP contribution is 2.31. The first-order chi connectivity index (χ1) is 10.1. The number of carboxylic acid groups (broad SMARTS) is 1. The van der Waals surface area contributed by atoms with Crippen LogP contribution in [0.2, 0.25) is 0 Å². The molecular formula is C15H15FN2O3. The molecule has 110 valence electrons. The summed E-state index contributed by atoms with van der Waals surface area (Å²) in [4.78, 5) is 15.7. The molecule has 1 unspecified atom stereocenters. The first-order valence-corrected chi connectivity index (χ1v) is 6.74. The van der Waals surface area contributed by atoms with Gasteiger partial charge in [-0.2, -0.15) is 0 Å². The highest BCUT2D eigenvalue weighted by molar-refractivity contribution is 5.75. The number of nitrogens with zero attached hydrogens (tertiary/aromatic N) is 2. The molecule has 3 rings (SSSR count). The van der Waals surface area contributed by atoms with Gasteiger partial charge in [-0.25, -0.2) is 9.37 Å². The highest BCUT2D eigenvalue weighted by atomic mass is 19.1. The van der Waals surface area contributed by atoms with Crippen molar-refractivity contribution in [3.05, 3.63) is 36.0 Å². The molecule has 0 spiro atoms. The molecule has 0 fully saturated rings. The summed E-state index contributed by atoms with van der Waals surface area (Å²) in [5.41, 5.74) is 1.19. The van der Waals surface area contributed by atoms with Crippen LogP contribution in [0.1, 0.15) is 24.6 Å². The Kier molecular flexibility index (Phi) is 3.37. The monoisotopic (exact) mass is 290 g/mol. The summed E-state index contributed by atoms with van der Waals surface area (Å²) in [5.74, 6) is -1.20. The van der Waals surface area contributed by atoms with Crippen LogP contribution in [0, 0.1) is 5.82 Å². The van der Waals surface area contributed by atoms with E-state index in [9.17, 15) is 14.3 Å². The van der Waals surface area contributed by atoms with Crippen LogP contribution in [-0.2, 0) is 11.3 Å². The molecule has 5 nitrogen and oxygen atoms in total. The zero-order valence-corrected chi connectivity index (χ0v) is 11.5. The van der Waals surface area contributed by atoms with Crippen LogP contribution in [-0.4, -0.2) is 27.7 Å². The highest BCUT2D eigenvalue weighted by Gasteiger charge is 2.29. The topological polar surface area (TPSA) is 64.4 Å². The van der Waals surface area contributed by atoms with Gasteiger partial charge in [0.05, 0.1) is 12.8 Å². The summed E-state index contributed by atoms with van der Waals surface area (Å²) in [6, 6.07) is 4.60. The average Bonchev–Trinajstić information content (AvgIpc) is 2.90. The number of carbonyl (C=O) groups is 1. The van der Waals surface area contributed by atoms with E-state index in [1.54, 1.807) is 12.3 Å². The van der Waals surface area contributed by atoms with Crippen molar-refractivity contribution < 1.29 is 19.0 Å². The molecule has 21 heavy (non-hydrogen) atoms. The molecule has 0 saturated heterocycles.